The molecule has 2 amide bonds. The Morgan fingerprint density at radius 2 is 1.66 bits per heavy atom. The molecule has 38 heavy (non-hydrogen) atoms. The number of nitrogens with one attached hydrogen (secondary N) is 2. The number of rotatable bonds is 10. The molecule has 0 saturated heterocycles. The Labute approximate surface area is 233 Å². The SMILES string of the molecule is CCOC(=O)[C@H](Cc1ccc(NC(=O)c2c(Cl)cccc2Cl)cc1)NC(=O)C(=NOC)C1CCC(C)CC1. The van der Waals surface area contributed by atoms with Crippen LogP contribution in [0.3, 0.4) is 0 Å². The fraction of sp³-hybridized carbons (Fsp3) is 0.429. The summed E-state index contributed by atoms with van der Waals surface area (Å²) in [6, 6.07) is 10.8. The zero-order valence-corrected chi connectivity index (χ0v) is 23.3. The van der Waals surface area contributed by atoms with Gasteiger partial charge in [0.15, 0.2) is 0 Å². The standard InChI is InChI=1S/C28H33Cl2N3O5/c1-4-38-28(36)23(32-27(35)25(33-37-3)19-12-8-17(2)9-13-19)16-18-10-14-20(15-11-18)31-26(34)24-21(29)6-5-7-22(24)30/h5-7,10-11,14-15,17,19,23H,4,8-9,12-13,16H2,1-3H3,(H,31,34)(H,32,35)/t17?,19?,23-/m0/s1. The van der Waals surface area contributed by atoms with E-state index in [2.05, 4.69) is 22.7 Å². The summed E-state index contributed by atoms with van der Waals surface area (Å²) < 4.78 is 5.22. The molecule has 0 radical (unpaired) electrons. The zero-order chi connectivity index (χ0) is 27.7. The van der Waals surface area contributed by atoms with Gasteiger partial charge in [0.25, 0.3) is 11.8 Å². The van der Waals surface area contributed by atoms with E-state index in [-0.39, 0.29) is 34.6 Å². The summed E-state index contributed by atoms with van der Waals surface area (Å²) >= 11 is 12.3. The van der Waals surface area contributed by atoms with Crippen molar-refractivity contribution in [1.29, 1.82) is 0 Å². The molecule has 8 nitrogen and oxygen atoms in total. The van der Waals surface area contributed by atoms with Crippen molar-refractivity contribution in [1.82, 2.24) is 5.32 Å². The Bertz CT molecular complexity index is 1140. The normalized spacial score (nSPS) is 18.3. The van der Waals surface area contributed by atoms with Gasteiger partial charge in [0.2, 0.25) is 0 Å². The van der Waals surface area contributed by atoms with Crippen molar-refractivity contribution in [2.75, 3.05) is 19.0 Å². The summed E-state index contributed by atoms with van der Waals surface area (Å²) in [7, 11) is 1.40. The number of ether oxygens (including phenoxy) is 1. The van der Waals surface area contributed by atoms with Gasteiger partial charge in [-0.15, -0.1) is 0 Å². The Kier molecular flexibility index (Phi) is 11.0. The summed E-state index contributed by atoms with van der Waals surface area (Å²) in [4.78, 5) is 43.5. The van der Waals surface area contributed by atoms with Gasteiger partial charge in [0.1, 0.15) is 18.9 Å². The van der Waals surface area contributed by atoms with E-state index >= 15 is 0 Å². The molecule has 2 N–H and O–H groups in total. The van der Waals surface area contributed by atoms with Crippen LogP contribution in [0.5, 0.6) is 0 Å². The molecule has 0 bridgehead atoms. The van der Waals surface area contributed by atoms with Gasteiger partial charge >= 0.3 is 5.97 Å². The van der Waals surface area contributed by atoms with Crippen LogP contribution in [0.2, 0.25) is 10.0 Å². The van der Waals surface area contributed by atoms with Crippen molar-refractivity contribution >= 4 is 52.4 Å². The second-order valence-corrected chi connectivity index (χ2v) is 10.2. The summed E-state index contributed by atoms with van der Waals surface area (Å²) in [5.74, 6) is -0.832. The van der Waals surface area contributed by atoms with Crippen molar-refractivity contribution in [3.05, 3.63) is 63.6 Å². The number of anilines is 1. The quantitative estimate of drug-likeness (QED) is 0.221. The molecule has 2 aromatic rings. The molecule has 1 aliphatic carbocycles. The molecule has 3 rings (SSSR count). The van der Waals surface area contributed by atoms with Gasteiger partial charge in [-0.2, -0.15) is 0 Å². The molecule has 0 aliphatic heterocycles. The number of hydrogen-bond donors (Lipinski definition) is 2. The smallest absolute Gasteiger partial charge is 0.328 e. The number of benzene rings is 2. The fourth-order valence-corrected chi connectivity index (χ4v) is 5.04. The second kappa shape index (κ2) is 14.2. The average Bonchev–Trinajstić information content (AvgIpc) is 2.88. The van der Waals surface area contributed by atoms with E-state index in [4.69, 9.17) is 32.8 Å². The van der Waals surface area contributed by atoms with Crippen LogP contribution in [0, 0.1) is 11.8 Å². The molecule has 1 aliphatic rings. The largest absolute Gasteiger partial charge is 0.464 e. The highest BCUT2D eigenvalue weighted by Gasteiger charge is 2.31. The van der Waals surface area contributed by atoms with Crippen LogP contribution in [0.25, 0.3) is 0 Å². The van der Waals surface area contributed by atoms with Crippen LogP contribution >= 0.6 is 23.2 Å². The van der Waals surface area contributed by atoms with Gasteiger partial charge < -0.3 is 20.2 Å². The van der Waals surface area contributed by atoms with Crippen LogP contribution in [-0.4, -0.2) is 43.3 Å². The van der Waals surface area contributed by atoms with E-state index < -0.39 is 23.8 Å². The predicted molar refractivity (Wildman–Crippen MR) is 149 cm³/mol. The van der Waals surface area contributed by atoms with E-state index in [1.54, 1.807) is 49.4 Å². The van der Waals surface area contributed by atoms with E-state index in [0.717, 1.165) is 31.2 Å². The number of amides is 2. The molecular weight excluding hydrogens is 529 g/mol. The predicted octanol–water partition coefficient (Wildman–Crippen LogP) is 5.66. The first-order valence-corrected chi connectivity index (χ1v) is 13.4. The van der Waals surface area contributed by atoms with Crippen LogP contribution < -0.4 is 10.6 Å². The lowest BCUT2D eigenvalue weighted by Gasteiger charge is -2.27. The lowest BCUT2D eigenvalue weighted by atomic mass is 9.80. The maximum Gasteiger partial charge on any atom is 0.328 e. The fourth-order valence-electron chi connectivity index (χ4n) is 4.47. The summed E-state index contributed by atoms with van der Waals surface area (Å²) in [6.07, 6.45) is 3.89. The number of hydrogen-bond acceptors (Lipinski definition) is 6. The molecular formula is C28H33Cl2N3O5. The lowest BCUT2D eigenvalue weighted by Crippen LogP contribution is -2.47. The third kappa shape index (κ3) is 7.95. The molecule has 1 saturated carbocycles. The summed E-state index contributed by atoms with van der Waals surface area (Å²) in [6.45, 7) is 4.09. The first-order valence-electron chi connectivity index (χ1n) is 12.7. The van der Waals surface area contributed by atoms with Gasteiger partial charge in [-0.05, 0) is 55.5 Å². The van der Waals surface area contributed by atoms with Crippen LogP contribution in [-0.2, 0) is 25.6 Å². The molecule has 204 valence electrons. The van der Waals surface area contributed by atoms with Crippen molar-refractivity contribution in [2.45, 2.75) is 52.0 Å². The van der Waals surface area contributed by atoms with Crippen LogP contribution in [0.4, 0.5) is 5.69 Å². The van der Waals surface area contributed by atoms with Crippen molar-refractivity contribution in [3.63, 3.8) is 0 Å². The topological polar surface area (TPSA) is 106 Å². The van der Waals surface area contributed by atoms with Crippen LogP contribution in [0.15, 0.2) is 47.6 Å². The first-order chi connectivity index (χ1) is 18.2. The Morgan fingerprint density at radius 1 is 1.03 bits per heavy atom. The molecule has 10 heteroatoms. The van der Waals surface area contributed by atoms with Gasteiger partial charge in [-0.3, -0.25) is 9.59 Å². The number of carbonyl (C=O) groups excluding carboxylic acids is 3. The Hall–Kier alpha value is -3.10. The molecule has 0 spiro atoms. The molecule has 1 atom stereocenters. The summed E-state index contributed by atoms with van der Waals surface area (Å²) in [5, 5.41) is 10.1. The highest BCUT2D eigenvalue weighted by Crippen LogP contribution is 2.30. The number of oxime groups is 1. The van der Waals surface area contributed by atoms with E-state index in [9.17, 15) is 14.4 Å². The Morgan fingerprint density at radius 3 is 2.24 bits per heavy atom. The number of nitrogens with zero attached hydrogens (tertiary/aromatic N) is 1. The number of halogens is 2. The average molecular weight is 562 g/mol. The minimum atomic E-state index is -0.922. The maximum atomic E-state index is 13.2. The van der Waals surface area contributed by atoms with Gasteiger partial charge in [0, 0.05) is 18.0 Å². The third-order valence-corrected chi connectivity index (χ3v) is 7.17. The maximum absolute atomic E-state index is 13.2. The monoisotopic (exact) mass is 561 g/mol. The highest BCUT2D eigenvalue weighted by molar-refractivity contribution is 6.40. The van der Waals surface area contributed by atoms with Gasteiger partial charge in [-0.1, -0.05) is 66.3 Å². The van der Waals surface area contributed by atoms with E-state index in [1.807, 2.05) is 0 Å². The number of esters is 1. The molecule has 2 aromatic carbocycles. The van der Waals surface area contributed by atoms with Gasteiger partial charge in [0.05, 0.1) is 22.2 Å². The minimum absolute atomic E-state index is 0.0245. The molecule has 0 heterocycles. The highest BCUT2D eigenvalue weighted by atomic mass is 35.5. The van der Waals surface area contributed by atoms with Gasteiger partial charge in [-0.25, -0.2) is 4.79 Å². The zero-order valence-electron chi connectivity index (χ0n) is 21.8. The van der Waals surface area contributed by atoms with Crippen LogP contribution in [0.1, 0.15) is 55.5 Å². The third-order valence-electron chi connectivity index (χ3n) is 6.54. The summed E-state index contributed by atoms with van der Waals surface area (Å²) in [5.41, 5.74) is 1.76. The van der Waals surface area contributed by atoms with E-state index in [0.29, 0.717) is 17.3 Å². The Balaban J connectivity index is 1.70. The van der Waals surface area contributed by atoms with Crippen molar-refractivity contribution < 1.29 is 24.0 Å². The molecule has 1 fully saturated rings. The number of carbonyl (C=O) groups is 3. The lowest BCUT2D eigenvalue weighted by molar-refractivity contribution is -0.146. The molecule has 0 aromatic heterocycles. The van der Waals surface area contributed by atoms with Crippen molar-refractivity contribution in [3.8, 4) is 0 Å². The van der Waals surface area contributed by atoms with Crippen molar-refractivity contribution in [2.24, 2.45) is 17.0 Å². The molecule has 0 unspecified atom stereocenters. The second-order valence-electron chi connectivity index (χ2n) is 9.35. The van der Waals surface area contributed by atoms with E-state index in [1.165, 1.54) is 7.11 Å². The minimum Gasteiger partial charge on any atom is -0.464 e. The first kappa shape index (κ1) is 29.5.